The summed E-state index contributed by atoms with van der Waals surface area (Å²) < 4.78 is 4.81. The van der Waals surface area contributed by atoms with Crippen LogP contribution in [0.2, 0.25) is 10.0 Å². The van der Waals surface area contributed by atoms with Crippen molar-refractivity contribution >= 4 is 46.5 Å². The van der Waals surface area contributed by atoms with Crippen molar-refractivity contribution in [2.75, 3.05) is 11.9 Å². The summed E-state index contributed by atoms with van der Waals surface area (Å²) in [6, 6.07) is 8.40. The molecule has 0 atom stereocenters. The van der Waals surface area contributed by atoms with Gasteiger partial charge >= 0.3 is 5.97 Å². The van der Waals surface area contributed by atoms with Crippen LogP contribution in [0.1, 0.15) is 15.9 Å². The third kappa shape index (κ3) is 4.91. The number of aryl methyl sites for hydroxylation is 1. The quantitative estimate of drug-likeness (QED) is 0.478. The molecule has 0 radical (unpaired) electrons. The van der Waals surface area contributed by atoms with Crippen LogP contribution in [-0.4, -0.2) is 23.4 Å². The molecule has 0 aliphatic rings. The molecule has 0 saturated carbocycles. The summed E-state index contributed by atoms with van der Waals surface area (Å²) in [5, 5.41) is 14.1. The molecule has 9 heteroatoms. The van der Waals surface area contributed by atoms with Crippen molar-refractivity contribution in [2.24, 2.45) is 0 Å². The van der Waals surface area contributed by atoms with Gasteiger partial charge < -0.3 is 10.1 Å². The first-order valence-electron chi connectivity index (χ1n) is 6.95. The predicted octanol–water partition coefficient (Wildman–Crippen LogP) is 4.01. The van der Waals surface area contributed by atoms with Crippen molar-refractivity contribution in [3.05, 3.63) is 67.7 Å². The van der Waals surface area contributed by atoms with Crippen LogP contribution < -0.4 is 5.32 Å². The van der Waals surface area contributed by atoms with Gasteiger partial charge in [0.15, 0.2) is 6.61 Å². The van der Waals surface area contributed by atoms with Gasteiger partial charge in [0.1, 0.15) is 5.56 Å². The Morgan fingerprint density at radius 2 is 1.92 bits per heavy atom. The Bertz CT molecular complexity index is 854. The van der Waals surface area contributed by atoms with E-state index in [1.165, 1.54) is 6.07 Å². The molecule has 0 aromatic heterocycles. The van der Waals surface area contributed by atoms with Gasteiger partial charge in [-0.2, -0.15) is 0 Å². The van der Waals surface area contributed by atoms with Crippen LogP contribution in [0.15, 0.2) is 36.4 Å². The minimum atomic E-state index is -1.02. The van der Waals surface area contributed by atoms with Gasteiger partial charge in [-0.25, -0.2) is 4.79 Å². The van der Waals surface area contributed by atoms with E-state index in [9.17, 15) is 19.7 Å². The Kier molecular flexibility index (Phi) is 5.95. The van der Waals surface area contributed by atoms with E-state index in [0.717, 1.165) is 17.7 Å². The fourth-order valence-corrected chi connectivity index (χ4v) is 2.26. The van der Waals surface area contributed by atoms with Crippen molar-refractivity contribution in [3.8, 4) is 0 Å². The van der Waals surface area contributed by atoms with Crippen molar-refractivity contribution < 1.29 is 19.2 Å². The summed E-state index contributed by atoms with van der Waals surface area (Å²) in [5.41, 5.74) is 0.494. The number of esters is 1. The molecule has 2 rings (SSSR count). The highest BCUT2D eigenvalue weighted by molar-refractivity contribution is 6.31. The molecule has 2 aromatic rings. The number of hydrogen-bond donors (Lipinski definition) is 1. The number of halogens is 2. The monoisotopic (exact) mass is 382 g/mol. The maximum Gasteiger partial charge on any atom is 0.345 e. The third-order valence-electron chi connectivity index (χ3n) is 3.17. The molecule has 0 unspecified atom stereocenters. The van der Waals surface area contributed by atoms with E-state index in [1.807, 2.05) is 6.92 Å². The lowest BCUT2D eigenvalue weighted by Gasteiger charge is -2.08. The second-order valence-corrected chi connectivity index (χ2v) is 5.85. The molecule has 0 aliphatic heterocycles. The minimum Gasteiger partial charge on any atom is -0.452 e. The number of amides is 1. The number of nitrogens with zero attached hydrogens (tertiary/aromatic N) is 1. The maximum absolute atomic E-state index is 12.0. The molecule has 1 N–H and O–H groups in total. The molecule has 1 amide bonds. The second kappa shape index (κ2) is 7.96. The minimum absolute atomic E-state index is 0.135. The van der Waals surface area contributed by atoms with Gasteiger partial charge in [0.2, 0.25) is 0 Å². The van der Waals surface area contributed by atoms with Crippen LogP contribution in [0, 0.1) is 17.0 Å². The molecule has 7 nitrogen and oxygen atoms in total. The number of nitro groups is 1. The number of nitrogens with one attached hydrogen (secondary N) is 1. The van der Waals surface area contributed by atoms with Crippen LogP contribution in [0.25, 0.3) is 0 Å². The average Bonchev–Trinajstić information content (AvgIpc) is 2.55. The lowest BCUT2D eigenvalue weighted by atomic mass is 10.2. The fraction of sp³-hybridized carbons (Fsp3) is 0.125. The molecule has 25 heavy (non-hydrogen) atoms. The maximum atomic E-state index is 12.0. The van der Waals surface area contributed by atoms with Crippen LogP contribution in [0.5, 0.6) is 0 Å². The number of carbonyl (C=O) groups is 2. The molecule has 0 fully saturated rings. The standard InChI is InChI=1S/C16H12Cl2N2O5/c1-9-2-4-11(7-13(9)18)19-15(21)8-25-16(22)12-6-10(17)3-5-14(12)20(23)24/h2-7H,8H2,1H3,(H,19,21). The van der Waals surface area contributed by atoms with Gasteiger partial charge in [-0.05, 0) is 36.8 Å². The number of hydrogen-bond acceptors (Lipinski definition) is 5. The summed E-state index contributed by atoms with van der Waals surface area (Å²) in [5.74, 6) is -1.63. The third-order valence-corrected chi connectivity index (χ3v) is 3.81. The summed E-state index contributed by atoms with van der Waals surface area (Å²) >= 11 is 11.7. The molecule has 0 bridgehead atoms. The van der Waals surface area contributed by atoms with E-state index in [4.69, 9.17) is 27.9 Å². The van der Waals surface area contributed by atoms with Gasteiger partial charge in [0.05, 0.1) is 4.92 Å². The largest absolute Gasteiger partial charge is 0.452 e. The van der Waals surface area contributed by atoms with Crippen molar-refractivity contribution in [2.45, 2.75) is 6.92 Å². The molecule has 0 aliphatic carbocycles. The van der Waals surface area contributed by atoms with Crippen LogP contribution in [0.4, 0.5) is 11.4 Å². The van der Waals surface area contributed by atoms with Gasteiger partial charge in [-0.1, -0.05) is 29.3 Å². The Hall–Kier alpha value is -2.64. The highest BCUT2D eigenvalue weighted by Gasteiger charge is 2.22. The zero-order chi connectivity index (χ0) is 18.6. The smallest absolute Gasteiger partial charge is 0.345 e. The highest BCUT2D eigenvalue weighted by Crippen LogP contribution is 2.23. The number of ether oxygens (including phenoxy) is 1. The normalized spacial score (nSPS) is 10.2. The topological polar surface area (TPSA) is 98.5 Å². The molecular formula is C16H12Cl2N2O5. The molecule has 0 saturated heterocycles. The molecular weight excluding hydrogens is 371 g/mol. The van der Waals surface area contributed by atoms with E-state index < -0.39 is 29.1 Å². The second-order valence-electron chi connectivity index (χ2n) is 5.01. The first-order chi connectivity index (χ1) is 11.8. The first-order valence-corrected chi connectivity index (χ1v) is 7.70. The van der Waals surface area contributed by atoms with E-state index in [1.54, 1.807) is 18.2 Å². The summed E-state index contributed by atoms with van der Waals surface area (Å²) in [4.78, 5) is 34.0. The zero-order valence-corrected chi connectivity index (χ0v) is 14.4. The van der Waals surface area contributed by atoms with E-state index in [2.05, 4.69) is 5.32 Å². The fourth-order valence-electron chi connectivity index (χ4n) is 1.91. The SMILES string of the molecule is Cc1ccc(NC(=O)COC(=O)c2cc(Cl)ccc2[N+](=O)[O-])cc1Cl. The Labute approximate surface area is 152 Å². The van der Waals surface area contributed by atoms with Gasteiger partial charge in [0.25, 0.3) is 11.6 Å². The predicted molar refractivity (Wildman–Crippen MR) is 93.2 cm³/mol. The zero-order valence-electron chi connectivity index (χ0n) is 12.9. The average molecular weight is 383 g/mol. The molecule has 130 valence electrons. The van der Waals surface area contributed by atoms with Gasteiger partial charge in [-0.3, -0.25) is 14.9 Å². The lowest BCUT2D eigenvalue weighted by Crippen LogP contribution is -2.21. The van der Waals surface area contributed by atoms with E-state index in [-0.39, 0.29) is 10.6 Å². The Morgan fingerprint density at radius 1 is 1.20 bits per heavy atom. The number of anilines is 1. The Balaban J connectivity index is 2.02. The van der Waals surface area contributed by atoms with Crippen molar-refractivity contribution in [3.63, 3.8) is 0 Å². The number of rotatable bonds is 5. The summed E-state index contributed by atoms with van der Waals surface area (Å²) in [7, 11) is 0. The van der Waals surface area contributed by atoms with Crippen LogP contribution >= 0.6 is 23.2 Å². The van der Waals surface area contributed by atoms with Crippen LogP contribution in [0.3, 0.4) is 0 Å². The number of carbonyl (C=O) groups excluding carboxylic acids is 2. The van der Waals surface area contributed by atoms with E-state index >= 15 is 0 Å². The summed E-state index contributed by atoms with van der Waals surface area (Å²) in [6.45, 7) is 1.20. The van der Waals surface area contributed by atoms with Crippen LogP contribution in [-0.2, 0) is 9.53 Å². The Morgan fingerprint density at radius 3 is 2.56 bits per heavy atom. The van der Waals surface area contributed by atoms with Crippen molar-refractivity contribution in [1.82, 2.24) is 0 Å². The lowest BCUT2D eigenvalue weighted by molar-refractivity contribution is -0.385. The van der Waals surface area contributed by atoms with Gasteiger partial charge in [0, 0.05) is 21.8 Å². The summed E-state index contributed by atoms with van der Waals surface area (Å²) in [6.07, 6.45) is 0. The number of benzene rings is 2. The van der Waals surface area contributed by atoms with Gasteiger partial charge in [-0.15, -0.1) is 0 Å². The molecule has 0 spiro atoms. The number of nitro benzene ring substituents is 1. The molecule has 2 aromatic carbocycles. The first kappa shape index (κ1) is 18.7. The van der Waals surface area contributed by atoms with E-state index in [0.29, 0.717) is 10.7 Å². The molecule has 0 heterocycles. The highest BCUT2D eigenvalue weighted by atomic mass is 35.5. The van der Waals surface area contributed by atoms with Crippen molar-refractivity contribution in [1.29, 1.82) is 0 Å².